The molecule has 20 heavy (non-hydrogen) atoms. The smallest absolute Gasteiger partial charge is 0.869 e. The third-order valence-corrected chi connectivity index (χ3v) is 2.66. The first-order chi connectivity index (χ1) is 8.11. The second-order valence-corrected chi connectivity index (χ2v) is 9.58. The molecule has 0 rings (SSSR count). The predicted molar refractivity (Wildman–Crippen MR) is 58.7 cm³/mol. The van der Waals surface area contributed by atoms with Crippen molar-refractivity contribution in [2.75, 3.05) is 0 Å². The van der Waals surface area contributed by atoms with Crippen LogP contribution in [0.4, 0.5) is 26.3 Å². The summed E-state index contributed by atoms with van der Waals surface area (Å²) in [5, 5.41) is 9.82. The average Bonchev–Trinajstić information content (AvgIpc) is 2.14. The molecule has 0 bridgehead atoms. The minimum Gasteiger partial charge on any atom is -0.869 e. The van der Waals surface area contributed by atoms with Crippen LogP contribution in [0.2, 0.25) is 19.6 Å². The number of hydrogen-bond donors (Lipinski definition) is 0. The van der Waals surface area contributed by atoms with Crippen LogP contribution in [0, 0.1) is 0 Å². The molecule has 0 aliphatic heterocycles. The van der Waals surface area contributed by atoms with Crippen molar-refractivity contribution >= 4 is 13.9 Å². The molecule has 0 saturated heterocycles. The van der Waals surface area contributed by atoms with Gasteiger partial charge >= 0.3 is 29.4 Å². The van der Waals surface area contributed by atoms with Gasteiger partial charge in [-0.1, -0.05) is 19.6 Å². The second kappa shape index (κ2) is 8.53. The fourth-order valence-corrected chi connectivity index (χ4v) is 0.283. The Kier molecular flexibility index (Phi) is 10.4. The first-order valence-corrected chi connectivity index (χ1v) is 8.39. The molecule has 0 radical (unpaired) electrons. The van der Waals surface area contributed by atoms with Gasteiger partial charge in [-0.25, -0.2) is 0 Å². The zero-order chi connectivity index (χ0) is 16.1. The number of ketones is 1. The quantitative estimate of drug-likeness (QED) is 0.324. The number of carbonyl (C=O) groups excluding carboxylic acids is 1. The topological polar surface area (TPSA) is 40.1 Å². The van der Waals surface area contributed by atoms with Gasteiger partial charge in [-0.2, -0.15) is 26.3 Å². The Bertz CT molecular complexity index is 354. The normalized spacial score (nSPS) is 12.8. The van der Waals surface area contributed by atoms with Crippen molar-refractivity contribution in [2.45, 2.75) is 32.0 Å². The van der Waals surface area contributed by atoms with Crippen LogP contribution in [0.1, 0.15) is 0 Å². The Labute approximate surface area is 124 Å². The first kappa shape index (κ1) is 24.3. The zero-order valence-electron chi connectivity index (χ0n) is 10.7. The van der Waals surface area contributed by atoms with E-state index in [9.17, 15) is 36.2 Å². The van der Waals surface area contributed by atoms with E-state index in [1.165, 1.54) is 0 Å². The van der Waals surface area contributed by atoms with Crippen molar-refractivity contribution < 1.29 is 53.3 Å². The van der Waals surface area contributed by atoms with E-state index in [-0.39, 0.29) is 17.1 Å². The fraction of sp³-hybridized carbons (Fsp3) is 0.500. The molecule has 0 spiro atoms. The van der Waals surface area contributed by atoms with Crippen LogP contribution < -0.4 is 5.11 Å². The number of carbonyl (C=O) groups is 1. The average molecular weight is 371 g/mol. The summed E-state index contributed by atoms with van der Waals surface area (Å²) in [4.78, 5) is 9.82. The van der Waals surface area contributed by atoms with Crippen LogP contribution in [0.15, 0.2) is 24.1 Å². The Morgan fingerprint density at radius 3 is 1.50 bits per heavy atom. The molecular formula is C10H13CuF6O2Si. The van der Waals surface area contributed by atoms with E-state index in [1.54, 1.807) is 0 Å². The summed E-state index contributed by atoms with van der Waals surface area (Å²) >= 11 is 0. The first-order valence-electron chi connectivity index (χ1n) is 4.82. The molecule has 0 aromatic heterocycles. The zero-order valence-corrected chi connectivity index (χ0v) is 12.7. The van der Waals surface area contributed by atoms with Gasteiger partial charge < -0.3 is 5.11 Å². The van der Waals surface area contributed by atoms with Gasteiger partial charge in [-0.15, -0.1) is 12.3 Å². The van der Waals surface area contributed by atoms with E-state index in [0.717, 1.165) is 0 Å². The minimum atomic E-state index is -5.46. The Morgan fingerprint density at radius 2 is 1.35 bits per heavy atom. The van der Waals surface area contributed by atoms with Gasteiger partial charge in [0.05, 0.1) is 8.07 Å². The Morgan fingerprint density at radius 1 is 1.05 bits per heavy atom. The molecule has 0 unspecified atom stereocenters. The summed E-state index contributed by atoms with van der Waals surface area (Å²) in [5.41, 5.74) is 2.08. The van der Waals surface area contributed by atoms with Crippen LogP contribution in [-0.2, 0) is 21.9 Å². The molecule has 0 aliphatic rings. The van der Waals surface area contributed by atoms with Crippen molar-refractivity contribution in [3.05, 3.63) is 24.1 Å². The van der Waals surface area contributed by atoms with Gasteiger partial charge in [0.15, 0.2) is 0 Å². The maximum Gasteiger partial charge on any atom is 1.00 e. The maximum absolute atomic E-state index is 11.3. The van der Waals surface area contributed by atoms with Crippen molar-refractivity contribution in [2.24, 2.45) is 0 Å². The molecule has 0 saturated carbocycles. The van der Waals surface area contributed by atoms with Crippen LogP contribution >= 0.6 is 0 Å². The molecule has 0 aliphatic carbocycles. The SMILES string of the molecule is C=C[Si](C)(C)C.O=C(/C=C(\[O-])C(F)(F)F)C(F)(F)F.[Cu+]. The molecule has 0 fully saturated rings. The van der Waals surface area contributed by atoms with E-state index in [4.69, 9.17) is 0 Å². The van der Waals surface area contributed by atoms with Crippen LogP contribution in [-0.4, -0.2) is 26.2 Å². The number of rotatable bonds is 2. The van der Waals surface area contributed by atoms with E-state index in [1.807, 2.05) is 0 Å². The third-order valence-electron chi connectivity index (χ3n) is 1.43. The van der Waals surface area contributed by atoms with Gasteiger partial charge in [-0.3, -0.25) is 4.79 Å². The van der Waals surface area contributed by atoms with Crippen molar-refractivity contribution in [1.82, 2.24) is 0 Å². The molecule has 0 N–H and O–H groups in total. The van der Waals surface area contributed by atoms with Crippen LogP contribution in [0.25, 0.3) is 0 Å². The molecule has 2 nitrogen and oxygen atoms in total. The van der Waals surface area contributed by atoms with Crippen molar-refractivity contribution in [1.29, 1.82) is 0 Å². The summed E-state index contributed by atoms with van der Waals surface area (Å²) in [6, 6.07) is 0. The summed E-state index contributed by atoms with van der Waals surface area (Å²) in [7, 11) is -0.867. The number of hydrogen-bond acceptors (Lipinski definition) is 2. The molecule has 0 aromatic rings. The number of halogens is 6. The molecular weight excluding hydrogens is 358 g/mol. The largest absolute Gasteiger partial charge is 1.00 e. The van der Waals surface area contributed by atoms with E-state index in [0.29, 0.717) is 0 Å². The van der Waals surface area contributed by atoms with Gasteiger partial charge in [0.1, 0.15) is 0 Å². The number of alkyl halides is 6. The number of allylic oxidation sites excluding steroid dienone is 2. The Hall–Kier alpha value is -0.734. The molecule has 0 aromatic carbocycles. The minimum absolute atomic E-state index is 0. The van der Waals surface area contributed by atoms with Gasteiger partial charge in [-0.05, 0) is 11.8 Å². The second-order valence-electron chi connectivity index (χ2n) is 4.44. The van der Waals surface area contributed by atoms with Crippen molar-refractivity contribution in [3.8, 4) is 0 Å². The van der Waals surface area contributed by atoms with E-state index < -0.39 is 38.0 Å². The summed E-state index contributed by atoms with van der Waals surface area (Å²) in [6.45, 7) is 10.5. The fourth-order valence-electron chi connectivity index (χ4n) is 0.283. The molecule has 0 heterocycles. The van der Waals surface area contributed by atoms with Crippen molar-refractivity contribution in [3.63, 3.8) is 0 Å². The van der Waals surface area contributed by atoms with E-state index >= 15 is 0 Å². The Balaban J connectivity index is -0.000000352. The van der Waals surface area contributed by atoms with E-state index in [2.05, 4.69) is 31.9 Å². The standard InChI is InChI=1S/C5H2F6O2.C5H12Si.Cu/c6-4(7,8)2(12)1-3(13)5(9,10)11;1-5-6(2,3)4;/h1,12H;5H,1H2,2-4H3;/q;;+1/p-1/b2-1-;;. The molecule has 0 atom stereocenters. The van der Waals surface area contributed by atoms with Gasteiger partial charge in [0, 0.05) is 0 Å². The third kappa shape index (κ3) is 13.7. The predicted octanol–water partition coefficient (Wildman–Crippen LogP) is 2.97. The van der Waals surface area contributed by atoms with Crippen LogP contribution in [0.3, 0.4) is 0 Å². The summed E-state index contributed by atoms with van der Waals surface area (Å²) < 4.78 is 67.8. The molecule has 122 valence electrons. The van der Waals surface area contributed by atoms with Crippen LogP contribution in [0.5, 0.6) is 0 Å². The summed E-state index contributed by atoms with van der Waals surface area (Å²) in [5.74, 6) is -5.65. The van der Waals surface area contributed by atoms with Gasteiger partial charge in [0.25, 0.3) is 5.78 Å². The molecule has 10 heteroatoms. The monoisotopic (exact) mass is 370 g/mol. The van der Waals surface area contributed by atoms with Gasteiger partial charge in [0.2, 0.25) is 0 Å². The maximum atomic E-state index is 11.3. The summed E-state index contributed by atoms with van der Waals surface area (Å²) in [6.07, 6.45) is -11.9. The molecule has 0 amide bonds.